The summed E-state index contributed by atoms with van der Waals surface area (Å²) in [4.78, 5) is 10.3. The second-order valence-corrected chi connectivity index (χ2v) is 14.3. The third kappa shape index (κ3) is 72.9. The molecule has 0 fully saturated rings. The number of rotatable bonds is 68. The van der Waals surface area contributed by atoms with Crippen molar-refractivity contribution in [1.29, 1.82) is 0 Å². The van der Waals surface area contributed by atoms with E-state index in [0.29, 0.717) is 284 Å². The molecule has 0 unspecified atom stereocenters. The molecule has 0 bridgehead atoms. The fourth-order valence-electron chi connectivity index (χ4n) is 4.92. The maximum atomic E-state index is 10.3. The summed E-state index contributed by atoms with van der Waals surface area (Å²) in [6.45, 7) is 20.8. The molecule has 0 aliphatic carbocycles. The molecule has 25 nitrogen and oxygen atoms in total. The van der Waals surface area contributed by atoms with Crippen molar-refractivity contribution in [2.45, 2.75) is 0 Å². The summed E-state index contributed by atoms with van der Waals surface area (Å²) >= 11 is 0. The number of carbonyl (C=O) groups is 1. The van der Waals surface area contributed by atoms with Crippen LogP contribution in [0.3, 0.4) is 0 Å². The highest BCUT2D eigenvalue weighted by atomic mass is 35.5. The summed E-state index contributed by atoms with van der Waals surface area (Å²) < 4.78 is 124. The van der Waals surface area contributed by atoms with Crippen molar-refractivity contribution in [3.05, 3.63) is 0 Å². The summed E-state index contributed by atoms with van der Waals surface area (Å²) in [5.74, 6) is -1.00. The van der Waals surface area contributed by atoms with Gasteiger partial charge in [-0.1, -0.05) is 0 Å². The minimum Gasteiger partial charge on any atom is -0.480 e. The van der Waals surface area contributed by atoms with Crippen molar-refractivity contribution in [3.63, 3.8) is 0 Å². The van der Waals surface area contributed by atoms with Crippen LogP contribution < -0.4 is 0 Å². The Hall–Kier alpha value is -1.16. The molecule has 0 aromatic carbocycles. The van der Waals surface area contributed by atoms with E-state index in [1.165, 1.54) is 0 Å². The van der Waals surface area contributed by atoms with Gasteiger partial charge in [-0.05, 0) is 0 Å². The molecule has 0 radical (unpaired) electrons. The molecule has 0 aliphatic heterocycles. The van der Waals surface area contributed by atoms with E-state index in [-0.39, 0.29) is 25.6 Å². The number of ether oxygens (including phenoxy) is 23. The average molecular weight is 1100 g/mol. The van der Waals surface area contributed by atoms with Crippen molar-refractivity contribution in [1.82, 2.24) is 0 Å². The minimum atomic E-state index is -1.00. The van der Waals surface area contributed by atoms with Crippen LogP contribution in [0.4, 0.5) is 0 Å². The fraction of sp³-hybridized carbons (Fsp3) is 0.979. The van der Waals surface area contributed by atoms with Crippen molar-refractivity contribution in [2.75, 3.05) is 304 Å². The third-order valence-electron chi connectivity index (χ3n) is 8.47. The first-order chi connectivity index (χ1) is 35.8. The Morgan fingerprint density at radius 3 is 0.397 bits per heavy atom. The van der Waals surface area contributed by atoms with E-state index in [0.717, 1.165) is 0 Å². The second kappa shape index (κ2) is 70.8. The largest absolute Gasteiger partial charge is 0.480 e. The Morgan fingerprint density at radius 1 is 0.205 bits per heavy atom. The third-order valence-corrected chi connectivity index (χ3v) is 8.47. The van der Waals surface area contributed by atoms with Crippen molar-refractivity contribution in [3.8, 4) is 0 Å². The van der Waals surface area contributed by atoms with E-state index < -0.39 is 5.97 Å². The Morgan fingerprint density at radius 2 is 0.301 bits per heavy atom. The zero-order chi connectivity index (χ0) is 51.7. The fourth-order valence-corrected chi connectivity index (χ4v) is 4.92. The van der Waals surface area contributed by atoms with E-state index in [1.807, 2.05) is 0 Å². The van der Waals surface area contributed by atoms with E-state index in [2.05, 4.69) is 0 Å². The van der Waals surface area contributed by atoms with Crippen LogP contribution in [-0.2, 0) is 114 Å². The van der Waals surface area contributed by atoms with Gasteiger partial charge < -0.3 is 114 Å². The molecule has 0 aromatic heterocycles. The monoisotopic (exact) mass is 1090 g/mol. The molecule has 440 valence electrons. The van der Waals surface area contributed by atoms with Gasteiger partial charge >= 0.3 is 5.97 Å². The van der Waals surface area contributed by atoms with Crippen LogP contribution in [0.15, 0.2) is 0 Å². The number of aliphatic carboxylic acids is 1. The van der Waals surface area contributed by atoms with Gasteiger partial charge in [0.1, 0.15) is 6.61 Å². The van der Waals surface area contributed by atoms with Crippen molar-refractivity contribution < 1.29 is 119 Å². The van der Waals surface area contributed by atoms with Gasteiger partial charge in [0.2, 0.25) is 0 Å². The number of halogens is 1. The number of carboxylic acids is 1. The molecule has 1 N–H and O–H groups in total. The molecule has 0 amide bonds. The van der Waals surface area contributed by atoms with Gasteiger partial charge in [-0.15, -0.1) is 12.4 Å². The lowest BCUT2D eigenvalue weighted by Gasteiger charge is -2.09. The molecule has 0 saturated heterocycles. The number of hydrogen-bond donors (Lipinski definition) is 1. The second-order valence-electron chi connectivity index (χ2n) is 14.3. The highest BCUT2D eigenvalue weighted by Crippen LogP contribution is 1.90. The van der Waals surface area contributed by atoms with Gasteiger partial charge in [0.05, 0.1) is 291 Å². The first-order valence-corrected chi connectivity index (χ1v) is 25.2. The molecule has 73 heavy (non-hydrogen) atoms. The lowest BCUT2D eigenvalue weighted by atomic mass is 10.6. The molecule has 0 aliphatic rings. The zero-order valence-corrected chi connectivity index (χ0v) is 44.8. The van der Waals surface area contributed by atoms with Crippen LogP contribution >= 0.6 is 12.4 Å². The first kappa shape index (κ1) is 73.9. The predicted molar refractivity (Wildman–Crippen MR) is 265 cm³/mol. The summed E-state index contributed by atoms with van der Waals surface area (Å²) in [5, 5.41) is 8.45. The van der Waals surface area contributed by atoms with Crippen LogP contribution in [0.2, 0.25) is 0 Å². The predicted octanol–water partition coefficient (Wildman–Crippen LogP) is 0.504. The van der Waals surface area contributed by atoms with Crippen LogP contribution in [-0.4, -0.2) is 315 Å². The Labute approximate surface area is 440 Å². The normalized spacial score (nSPS) is 11.5. The van der Waals surface area contributed by atoms with Crippen molar-refractivity contribution >= 4 is 18.4 Å². The number of methoxy groups -OCH3 is 1. The smallest absolute Gasteiger partial charge is 0.329 e. The Bertz CT molecular complexity index is 990. The number of carboxylic acid groups (broad SMARTS) is 1. The van der Waals surface area contributed by atoms with E-state index in [9.17, 15) is 4.79 Å². The van der Waals surface area contributed by atoms with Crippen LogP contribution in [0.1, 0.15) is 0 Å². The topological polar surface area (TPSA) is 250 Å². The van der Waals surface area contributed by atoms with E-state index in [1.54, 1.807) is 7.11 Å². The van der Waals surface area contributed by atoms with Gasteiger partial charge in [0.15, 0.2) is 0 Å². The highest BCUT2D eigenvalue weighted by molar-refractivity contribution is 5.85. The van der Waals surface area contributed by atoms with Gasteiger partial charge in [-0.3, -0.25) is 0 Å². The van der Waals surface area contributed by atoms with Crippen LogP contribution in [0.5, 0.6) is 0 Å². The standard InChI is InChI=1S/C47H94O25.ClH/c1-50-2-3-51-4-5-52-6-7-53-8-9-54-10-11-55-12-13-56-14-15-57-16-17-58-18-19-59-20-21-60-22-23-61-24-25-62-26-27-63-28-29-64-30-31-65-32-33-66-34-35-67-36-37-68-38-39-69-40-41-70-42-43-71-44-45-72-46-47(48)49;/h2-46H2,1H3,(H,48,49);1H. The molecule has 0 atom stereocenters. The first-order valence-electron chi connectivity index (χ1n) is 25.2. The van der Waals surface area contributed by atoms with Gasteiger partial charge in [-0.25, -0.2) is 4.79 Å². The summed E-state index contributed by atoms with van der Waals surface area (Å²) in [5.41, 5.74) is 0. The quantitative estimate of drug-likeness (QED) is 0.0815. The Balaban J connectivity index is 0. The average Bonchev–Trinajstić information content (AvgIpc) is 3.38. The summed E-state index contributed by atoms with van der Waals surface area (Å²) in [6, 6.07) is 0. The Kier molecular flexibility index (Phi) is 71.7. The summed E-state index contributed by atoms with van der Waals surface area (Å²) in [6.07, 6.45) is 0. The van der Waals surface area contributed by atoms with Gasteiger partial charge in [-0.2, -0.15) is 0 Å². The van der Waals surface area contributed by atoms with Gasteiger partial charge in [0, 0.05) is 7.11 Å². The summed E-state index contributed by atoms with van der Waals surface area (Å²) in [7, 11) is 1.64. The van der Waals surface area contributed by atoms with Gasteiger partial charge in [0.25, 0.3) is 0 Å². The molecule has 0 heterocycles. The molecule has 26 heteroatoms. The number of hydrogen-bond acceptors (Lipinski definition) is 24. The molecule has 0 aromatic rings. The zero-order valence-electron chi connectivity index (χ0n) is 44.0. The molecular weight excluding hydrogens is 1000 g/mol. The van der Waals surface area contributed by atoms with Crippen LogP contribution in [0, 0.1) is 0 Å². The molecule has 0 spiro atoms. The van der Waals surface area contributed by atoms with Crippen molar-refractivity contribution in [2.24, 2.45) is 0 Å². The molecular formula is C47H95ClO25. The minimum absolute atomic E-state index is 0. The lowest BCUT2D eigenvalue weighted by Crippen LogP contribution is -2.16. The maximum absolute atomic E-state index is 10.3. The van der Waals surface area contributed by atoms with E-state index in [4.69, 9.17) is 114 Å². The SMILES string of the molecule is COCCOCCOCCOCCOCCOCCOCCOCCOCCOCCOCCOCCOCCOCCOCCOCCOCCOCCOCCOCCOCCOCCOCC(=O)O.Cl. The lowest BCUT2D eigenvalue weighted by molar-refractivity contribution is -0.142. The molecule has 0 saturated carbocycles. The molecule has 0 rings (SSSR count). The maximum Gasteiger partial charge on any atom is 0.329 e. The van der Waals surface area contributed by atoms with E-state index >= 15 is 0 Å². The highest BCUT2D eigenvalue weighted by Gasteiger charge is 2.00. The van der Waals surface area contributed by atoms with Crippen LogP contribution in [0.25, 0.3) is 0 Å².